The van der Waals surface area contributed by atoms with Crippen LogP contribution in [0.4, 0.5) is 4.39 Å². The van der Waals surface area contributed by atoms with Gasteiger partial charge >= 0.3 is 0 Å². The lowest BCUT2D eigenvalue weighted by Gasteiger charge is -2.15. The van der Waals surface area contributed by atoms with Crippen molar-refractivity contribution in [3.63, 3.8) is 0 Å². The van der Waals surface area contributed by atoms with Gasteiger partial charge in [0.15, 0.2) is 11.6 Å². The van der Waals surface area contributed by atoms with Crippen LogP contribution in [0.1, 0.15) is 42.3 Å². The summed E-state index contributed by atoms with van der Waals surface area (Å²) in [5, 5.41) is 0. The molecule has 4 nitrogen and oxygen atoms in total. The molecule has 1 saturated carbocycles. The average Bonchev–Trinajstić information content (AvgIpc) is 3.06. The number of ether oxygens (including phenoxy) is 1. The van der Waals surface area contributed by atoms with E-state index in [9.17, 15) is 4.39 Å². The van der Waals surface area contributed by atoms with Crippen molar-refractivity contribution in [2.75, 3.05) is 0 Å². The van der Waals surface area contributed by atoms with Crippen molar-refractivity contribution in [1.29, 1.82) is 0 Å². The Labute approximate surface area is 128 Å². The lowest BCUT2D eigenvalue weighted by molar-refractivity contribution is 0.191. The first-order valence-electron chi connectivity index (χ1n) is 7.39. The Balaban J connectivity index is 1.75. The highest BCUT2D eigenvalue weighted by Gasteiger charge is 2.41. The molecule has 1 aromatic carbocycles. The molecular weight excluding hydrogens is 281 g/mol. The first-order valence-corrected chi connectivity index (χ1v) is 7.39. The number of aromatic nitrogens is 2. The minimum Gasteiger partial charge on any atom is -0.484 e. The van der Waals surface area contributed by atoms with Gasteiger partial charge in [-0.05, 0) is 50.5 Å². The third kappa shape index (κ3) is 2.26. The van der Waals surface area contributed by atoms with E-state index in [4.69, 9.17) is 4.74 Å². The van der Waals surface area contributed by atoms with Crippen LogP contribution in [0.2, 0.25) is 0 Å². The highest BCUT2D eigenvalue weighted by molar-refractivity contribution is 6.14. The fourth-order valence-corrected chi connectivity index (χ4v) is 2.62. The minimum absolute atomic E-state index is 0.212. The van der Waals surface area contributed by atoms with Crippen molar-refractivity contribution < 1.29 is 9.13 Å². The van der Waals surface area contributed by atoms with E-state index in [0.29, 0.717) is 12.3 Å². The summed E-state index contributed by atoms with van der Waals surface area (Å²) >= 11 is 0. The molecule has 1 fully saturated rings. The van der Waals surface area contributed by atoms with Gasteiger partial charge in [0.25, 0.3) is 0 Å². The summed E-state index contributed by atoms with van der Waals surface area (Å²) in [4.78, 5) is 12.9. The van der Waals surface area contributed by atoms with Crippen LogP contribution in [0, 0.1) is 12.7 Å². The summed E-state index contributed by atoms with van der Waals surface area (Å²) in [6.45, 7) is 4.39. The quantitative estimate of drug-likeness (QED) is 0.874. The Bertz CT molecular complexity index is 796. The molecular formula is C17H16FN3O. The van der Waals surface area contributed by atoms with E-state index in [1.165, 1.54) is 12.4 Å². The molecule has 5 heteroatoms. The molecule has 1 aromatic heterocycles. The maximum atomic E-state index is 14.2. The maximum absolute atomic E-state index is 14.2. The third-order valence-corrected chi connectivity index (χ3v) is 4.18. The third-order valence-electron chi connectivity index (χ3n) is 4.18. The maximum Gasteiger partial charge on any atom is 0.165 e. The van der Waals surface area contributed by atoms with E-state index >= 15 is 0 Å². The molecule has 4 rings (SSSR count). The second-order valence-corrected chi connectivity index (χ2v) is 6.20. The molecule has 0 atom stereocenters. The summed E-state index contributed by atoms with van der Waals surface area (Å²) < 4.78 is 20.0. The molecule has 0 amide bonds. The van der Waals surface area contributed by atoms with E-state index < -0.39 is 0 Å². The zero-order valence-electron chi connectivity index (χ0n) is 12.6. The Morgan fingerprint density at radius 1 is 1.18 bits per heavy atom. The monoisotopic (exact) mass is 297 g/mol. The van der Waals surface area contributed by atoms with Crippen molar-refractivity contribution in [2.24, 2.45) is 4.99 Å². The molecule has 1 aliphatic carbocycles. The van der Waals surface area contributed by atoms with Gasteiger partial charge < -0.3 is 4.74 Å². The van der Waals surface area contributed by atoms with E-state index in [1.54, 1.807) is 6.07 Å². The lowest BCUT2D eigenvalue weighted by Crippen LogP contribution is -2.14. The standard InChI is InChI=1S/C17H16FN3O/c1-10-5-14(21-9-20-10)16-12-7-15(22-17(2)3-4-17)13(18)6-11(12)8-19-16/h5-7,9H,3-4,8H2,1-2H3. The Kier molecular flexibility index (Phi) is 2.79. The van der Waals surface area contributed by atoms with Crippen LogP contribution in [0.3, 0.4) is 0 Å². The van der Waals surface area contributed by atoms with E-state index in [2.05, 4.69) is 15.0 Å². The number of aliphatic imine (C=N–C) groups is 1. The van der Waals surface area contributed by atoms with Crippen LogP contribution in [-0.4, -0.2) is 21.3 Å². The van der Waals surface area contributed by atoms with Crippen molar-refractivity contribution in [2.45, 2.75) is 38.8 Å². The number of nitrogens with zero attached hydrogens (tertiary/aromatic N) is 3. The summed E-state index contributed by atoms with van der Waals surface area (Å²) in [7, 11) is 0. The predicted molar refractivity (Wildman–Crippen MR) is 80.8 cm³/mol. The predicted octanol–water partition coefficient (Wildman–Crippen LogP) is 3.21. The van der Waals surface area contributed by atoms with Gasteiger partial charge in [-0.15, -0.1) is 0 Å². The normalized spacial score (nSPS) is 17.9. The topological polar surface area (TPSA) is 47.4 Å². The molecule has 0 radical (unpaired) electrons. The number of hydrogen-bond donors (Lipinski definition) is 0. The first kappa shape index (κ1) is 13.4. The fraction of sp³-hybridized carbons (Fsp3) is 0.353. The second-order valence-electron chi connectivity index (χ2n) is 6.20. The molecule has 22 heavy (non-hydrogen) atoms. The smallest absolute Gasteiger partial charge is 0.165 e. The van der Waals surface area contributed by atoms with Gasteiger partial charge in [0.1, 0.15) is 11.9 Å². The highest BCUT2D eigenvalue weighted by Crippen LogP contribution is 2.41. The molecule has 0 spiro atoms. The number of aryl methyl sites for hydroxylation is 1. The number of benzene rings is 1. The second kappa shape index (κ2) is 4.60. The van der Waals surface area contributed by atoms with Crippen molar-refractivity contribution in [1.82, 2.24) is 9.97 Å². The van der Waals surface area contributed by atoms with Crippen LogP contribution in [0.15, 0.2) is 29.5 Å². The summed E-state index contributed by atoms with van der Waals surface area (Å²) in [6.07, 6.45) is 3.46. The number of rotatable bonds is 3. The minimum atomic E-state index is -0.317. The molecule has 0 saturated heterocycles. The Morgan fingerprint density at radius 2 is 2.00 bits per heavy atom. The molecule has 0 N–H and O–H groups in total. The van der Waals surface area contributed by atoms with Gasteiger partial charge in [-0.1, -0.05) is 0 Å². The van der Waals surface area contributed by atoms with Crippen molar-refractivity contribution >= 4 is 5.71 Å². The summed E-state index contributed by atoms with van der Waals surface area (Å²) in [6, 6.07) is 5.18. The average molecular weight is 297 g/mol. The van der Waals surface area contributed by atoms with Gasteiger partial charge in [-0.2, -0.15) is 0 Å². The fourth-order valence-electron chi connectivity index (χ4n) is 2.62. The highest BCUT2D eigenvalue weighted by atomic mass is 19.1. The lowest BCUT2D eigenvalue weighted by atomic mass is 10.0. The van der Waals surface area contributed by atoms with E-state index in [1.807, 2.05) is 19.9 Å². The molecule has 112 valence electrons. The van der Waals surface area contributed by atoms with E-state index in [0.717, 1.165) is 41.1 Å². The molecule has 0 bridgehead atoms. The summed E-state index contributed by atoms with van der Waals surface area (Å²) in [5.41, 5.74) is 3.99. The Morgan fingerprint density at radius 3 is 2.73 bits per heavy atom. The van der Waals surface area contributed by atoms with Crippen LogP contribution in [0.25, 0.3) is 0 Å². The van der Waals surface area contributed by atoms with Gasteiger partial charge in [-0.25, -0.2) is 14.4 Å². The van der Waals surface area contributed by atoms with Crippen LogP contribution in [0.5, 0.6) is 5.75 Å². The van der Waals surface area contributed by atoms with Crippen molar-refractivity contribution in [3.05, 3.63) is 52.9 Å². The van der Waals surface area contributed by atoms with Gasteiger partial charge in [0, 0.05) is 11.3 Å². The molecule has 1 aliphatic heterocycles. The van der Waals surface area contributed by atoms with E-state index in [-0.39, 0.29) is 11.4 Å². The summed E-state index contributed by atoms with van der Waals surface area (Å²) in [5.74, 6) is -0.0127. The van der Waals surface area contributed by atoms with Gasteiger partial charge in [0.05, 0.1) is 18.0 Å². The molecule has 2 aliphatic rings. The zero-order chi connectivity index (χ0) is 15.3. The number of halogens is 1. The molecule has 2 heterocycles. The van der Waals surface area contributed by atoms with Gasteiger partial charge in [0.2, 0.25) is 0 Å². The van der Waals surface area contributed by atoms with Crippen LogP contribution < -0.4 is 4.74 Å². The number of hydrogen-bond acceptors (Lipinski definition) is 4. The van der Waals surface area contributed by atoms with Crippen LogP contribution >= 0.6 is 0 Å². The largest absolute Gasteiger partial charge is 0.484 e. The van der Waals surface area contributed by atoms with Gasteiger partial charge in [-0.3, -0.25) is 4.99 Å². The zero-order valence-corrected chi connectivity index (χ0v) is 12.6. The van der Waals surface area contributed by atoms with Crippen molar-refractivity contribution in [3.8, 4) is 5.75 Å². The number of fused-ring (bicyclic) bond motifs is 1. The molecule has 0 unspecified atom stereocenters. The first-order chi connectivity index (χ1) is 10.5. The molecule has 2 aromatic rings. The van der Waals surface area contributed by atoms with Crippen LogP contribution in [-0.2, 0) is 6.54 Å². The Hall–Kier alpha value is -2.30. The SMILES string of the molecule is Cc1cc(C2=NCc3cc(F)c(OC4(C)CC4)cc32)ncn1.